The van der Waals surface area contributed by atoms with Gasteiger partial charge in [-0.3, -0.25) is 4.79 Å². The number of hydrogen-bond donors (Lipinski definition) is 0. The SMILES string of the molecule is CCN(CCCl)C(=O)CCC1CCCC1. The molecule has 0 aromatic heterocycles. The summed E-state index contributed by atoms with van der Waals surface area (Å²) in [4.78, 5) is 13.7. The fraction of sp³-hybridized carbons (Fsp3) is 0.917. The molecule has 2 nitrogen and oxygen atoms in total. The Morgan fingerprint density at radius 3 is 2.60 bits per heavy atom. The zero-order chi connectivity index (χ0) is 11.1. The van der Waals surface area contributed by atoms with Gasteiger partial charge < -0.3 is 4.90 Å². The number of carbonyl (C=O) groups excluding carboxylic acids is 1. The number of rotatable bonds is 6. The van der Waals surface area contributed by atoms with Crippen molar-refractivity contribution in [3.05, 3.63) is 0 Å². The highest BCUT2D eigenvalue weighted by Crippen LogP contribution is 2.28. The molecule has 88 valence electrons. The van der Waals surface area contributed by atoms with Crippen LogP contribution in [0.3, 0.4) is 0 Å². The Labute approximate surface area is 98.0 Å². The van der Waals surface area contributed by atoms with Gasteiger partial charge in [0, 0.05) is 25.4 Å². The van der Waals surface area contributed by atoms with Crippen molar-refractivity contribution in [1.29, 1.82) is 0 Å². The Morgan fingerprint density at radius 1 is 1.40 bits per heavy atom. The Hall–Kier alpha value is -0.240. The van der Waals surface area contributed by atoms with Gasteiger partial charge in [0.2, 0.25) is 5.91 Å². The molecule has 0 unspecified atom stereocenters. The molecule has 1 aliphatic carbocycles. The summed E-state index contributed by atoms with van der Waals surface area (Å²) in [5.41, 5.74) is 0. The fourth-order valence-corrected chi connectivity index (χ4v) is 2.55. The number of halogens is 1. The first kappa shape index (κ1) is 12.8. The summed E-state index contributed by atoms with van der Waals surface area (Å²) in [7, 11) is 0. The van der Waals surface area contributed by atoms with E-state index in [2.05, 4.69) is 0 Å². The minimum absolute atomic E-state index is 0.282. The third-order valence-electron chi connectivity index (χ3n) is 3.33. The standard InChI is InChI=1S/C12H22ClNO/c1-2-14(10-9-13)12(15)8-7-11-5-3-4-6-11/h11H,2-10H2,1H3. The van der Waals surface area contributed by atoms with Gasteiger partial charge in [-0.2, -0.15) is 0 Å². The Morgan fingerprint density at radius 2 is 2.07 bits per heavy atom. The molecule has 1 fully saturated rings. The third kappa shape index (κ3) is 4.42. The second-order valence-corrected chi connectivity index (χ2v) is 4.73. The van der Waals surface area contributed by atoms with E-state index < -0.39 is 0 Å². The molecule has 3 heteroatoms. The lowest BCUT2D eigenvalue weighted by Crippen LogP contribution is -2.32. The first-order valence-corrected chi connectivity index (χ1v) is 6.65. The van der Waals surface area contributed by atoms with Crippen molar-refractivity contribution in [3.8, 4) is 0 Å². The molecule has 1 aliphatic rings. The van der Waals surface area contributed by atoms with E-state index in [1.54, 1.807) is 0 Å². The molecule has 0 saturated heterocycles. The molecule has 0 bridgehead atoms. The lowest BCUT2D eigenvalue weighted by Gasteiger charge is -2.20. The molecular formula is C12H22ClNO. The number of nitrogens with zero attached hydrogens (tertiary/aromatic N) is 1. The lowest BCUT2D eigenvalue weighted by atomic mass is 10.0. The van der Waals surface area contributed by atoms with Crippen LogP contribution in [0, 0.1) is 5.92 Å². The molecule has 0 spiro atoms. The highest BCUT2D eigenvalue weighted by molar-refractivity contribution is 6.18. The predicted octanol–water partition coefficient (Wildman–Crippen LogP) is 3.04. The van der Waals surface area contributed by atoms with Gasteiger partial charge in [-0.05, 0) is 19.3 Å². The molecule has 0 heterocycles. The van der Waals surface area contributed by atoms with Crippen LogP contribution < -0.4 is 0 Å². The number of amides is 1. The number of hydrogen-bond acceptors (Lipinski definition) is 1. The molecule has 1 saturated carbocycles. The Bertz CT molecular complexity index is 190. The lowest BCUT2D eigenvalue weighted by molar-refractivity contribution is -0.131. The second kappa shape index (κ2) is 7.10. The number of alkyl halides is 1. The van der Waals surface area contributed by atoms with E-state index in [1.807, 2.05) is 11.8 Å². The predicted molar refractivity (Wildman–Crippen MR) is 64.2 cm³/mol. The maximum Gasteiger partial charge on any atom is 0.222 e. The third-order valence-corrected chi connectivity index (χ3v) is 3.50. The fourth-order valence-electron chi connectivity index (χ4n) is 2.35. The van der Waals surface area contributed by atoms with E-state index in [0.29, 0.717) is 12.4 Å². The first-order chi connectivity index (χ1) is 7.27. The van der Waals surface area contributed by atoms with Crippen LogP contribution in [0.1, 0.15) is 45.4 Å². The van der Waals surface area contributed by atoms with Gasteiger partial charge in [-0.15, -0.1) is 11.6 Å². The van der Waals surface area contributed by atoms with Crippen LogP contribution in [0.4, 0.5) is 0 Å². The highest BCUT2D eigenvalue weighted by atomic mass is 35.5. The summed E-state index contributed by atoms with van der Waals surface area (Å²) in [6.45, 7) is 3.50. The first-order valence-electron chi connectivity index (χ1n) is 6.11. The summed E-state index contributed by atoms with van der Waals surface area (Å²) in [5.74, 6) is 1.64. The maximum absolute atomic E-state index is 11.8. The minimum Gasteiger partial charge on any atom is -0.342 e. The Kier molecular flexibility index (Phi) is 6.07. The number of carbonyl (C=O) groups is 1. The normalized spacial score (nSPS) is 16.9. The van der Waals surface area contributed by atoms with Gasteiger partial charge in [-0.1, -0.05) is 25.7 Å². The van der Waals surface area contributed by atoms with Crippen molar-refractivity contribution < 1.29 is 4.79 Å². The Balaban J connectivity index is 2.20. The monoisotopic (exact) mass is 231 g/mol. The average Bonchev–Trinajstić information content (AvgIpc) is 2.75. The summed E-state index contributed by atoms with van der Waals surface area (Å²) >= 11 is 5.65. The molecule has 1 amide bonds. The summed E-state index contributed by atoms with van der Waals surface area (Å²) in [6.07, 6.45) is 7.17. The minimum atomic E-state index is 0.282. The van der Waals surface area contributed by atoms with Crippen LogP contribution in [0.5, 0.6) is 0 Å². The quantitative estimate of drug-likeness (QED) is 0.644. The van der Waals surface area contributed by atoms with Crippen LogP contribution >= 0.6 is 11.6 Å². The van der Waals surface area contributed by atoms with E-state index in [1.165, 1.54) is 25.7 Å². The largest absolute Gasteiger partial charge is 0.342 e. The summed E-state index contributed by atoms with van der Waals surface area (Å²) < 4.78 is 0. The molecule has 0 aromatic carbocycles. The highest BCUT2D eigenvalue weighted by Gasteiger charge is 2.18. The van der Waals surface area contributed by atoms with Gasteiger partial charge >= 0.3 is 0 Å². The van der Waals surface area contributed by atoms with Gasteiger partial charge in [0.1, 0.15) is 0 Å². The van der Waals surface area contributed by atoms with Crippen molar-refractivity contribution >= 4 is 17.5 Å². The van der Waals surface area contributed by atoms with Crippen LogP contribution in [0.15, 0.2) is 0 Å². The van der Waals surface area contributed by atoms with Crippen LogP contribution in [-0.2, 0) is 4.79 Å². The molecule has 0 radical (unpaired) electrons. The molecule has 15 heavy (non-hydrogen) atoms. The summed E-state index contributed by atoms with van der Waals surface area (Å²) in [6, 6.07) is 0. The van der Waals surface area contributed by atoms with Crippen molar-refractivity contribution in [2.24, 2.45) is 5.92 Å². The van der Waals surface area contributed by atoms with Gasteiger partial charge in [0.25, 0.3) is 0 Å². The van der Waals surface area contributed by atoms with E-state index in [9.17, 15) is 4.79 Å². The molecule has 1 rings (SSSR count). The van der Waals surface area contributed by atoms with E-state index >= 15 is 0 Å². The van der Waals surface area contributed by atoms with Crippen LogP contribution in [-0.4, -0.2) is 29.8 Å². The van der Waals surface area contributed by atoms with E-state index in [-0.39, 0.29) is 5.91 Å². The molecule has 0 atom stereocenters. The van der Waals surface area contributed by atoms with Crippen LogP contribution in [0.2, 0.25) is 0 Å². The van der Waals surface area contributed by atoms with Gasteiger partial charge in [0.15, 0.2) is 0 Å². The van der Waals surface area contributed by atoms with Gasteiger partial charge in [0.05, 0.1) is 0 Å². The van der Waals surface area contributed by atoms with Crippen molar-refractivity contribution in [2.45, 2.75) is 45.4 Å². The molecule has 0 aromatic rings. The van der Waals surface area contributed by atoms with Crippen molar-refractivity contribution in [3.63, 3.8) is 0 Å². The zero-order valence-corrected chi connectivity index (χ0v) is 10.4. The zero-order valence-electron chi connectivity index (χ0n) is 9.67. The summed E-state index contributed by atoms with van der Waals surface area (Å²) in [5, 5.41) is 0. The van der Waals surface area contributed by atoms with Crippen molar-refractivity contribution in [2.75, 3.05) is 19.0 Å². The second-order valence-electron chi connectivity index (χ2n) is 4.35. The molecular weight excluding hydrogens is 210 g/mol. The van der Waals surface area contributed by atoms with E-state index in [0.717, 1.165) is 25.3 Å². The molecule has 0 N–H and O–H groups in total. The van der Waals surface area contributed by atoms with Crippen molar-refractivity contribution in [1.82, 2.24) is 4.90 Å². The van der Waals surface area contributed by atoms with Gasteiger partial charge in [-0.25, -0.2) is 0 Å². The maximum atomic E-state index is 11.8. The topological polar surface area (TPSA) is 20.3 Å². The average molecular weight is 232 g/mol. The smallest absolute Gasteiger partial charge is 0.222 e. The van der Waals surface area contributed by atoms with Crippen LogP contribution in [0.25, 0.3) is 0 Å². The van der Waals surface area contributed by atoms with E-state index in [4.69, 9.17) is 11.6 Å². The molecule has 0 aliphatic heterocycles.